The fourth-order valence-electron chi connectivity index (χ4n) is 5.51. The van der Waals surface area contributed by atoms with Crippen LogP contribution in [0.3, 0.4) is 0 Å². The van der Waals surface area contributed by atoms with E-state index >= 15 is 4.39 Å². The number of hydrogen-bond acceptors (Lipinski definition) is 9. The molecule has 10 nitrogen and oxygen atoms in total. The number of Topliss-reactive ketones (excluding diaryl/α,β-unsaturated/α-hetero) is 2. The van der Waals surface area contributed by atoms with Crippen molar-refractivity contribution in [1.29, 1.82) is 0 Å². The van der Waals surface area contributed by atoms with Crippen molar-refractivity contribution in [3.63, 3.8) is 0 Å². The third-order valence-corrected chi connectivity index (χ3v) is 7.05. The Balaban J connectivity index is 2.11. The number of ketones is 2. The second kappa shape index (κ2) is 6.62. The number of phenolic OH excluding ortho intramolecular Hbond substituents is 1. The highest BCUT2D eigenvalue weighted by Gasteiger charge is 2.75. The quantitative estimate of drug-likeness (QED) is 0.322. The van der Waals surface area contributed by atoms with E-state index in [9.17, 15) is 39.9 Å². The first-order valence-electron chi connectivity index (χ1n) is 10.0. The Kier molecular flexibility index (Phi) is 4.60. The van der Waals surface area contributed by atoms with Gasteiger partial charge in [-0.1, -0.05) is 12.1 Å². The number of aliphatic hydroxyl groups is 4. The van der Waals surface area contributed by atoms with Gasteiger partial charge in [-0.15, -0.1) is 0 Å². The Morgan fingerprint density at radius 2 is 1.79 bits per heavy atom. The van der Waals surface area contributed by atoms with E-state index in [1.54, 1.807) is 0 Å². The summed E-state index contributed by atoms with van der Waals surface area (Å²) in [6, 6.07) is 2.01. The molecule has 0 spiro atoms. The maximum Gasteiger partial charge on any atom is 0.255 e. The predicted molar refractivity (Wildman–Crippen MR) is 110 cm³/mol. The normalized spacial score (nSPS) is 36.0. The molecule has 0 aliphatic heterocycles. The molecule has 3 aliphatic rings. The molecule has 1 amide bonds. The van der Waals surface area contributed by atoms with Gasteiger partial charge in [0.25, 0.3) is 5.91 Å². The molecule has 0 aromatic heterocycles. The zero-order valence-corrected chi connectivity index (χ0v) is 18.0. The molecule has 4 rings (SSSR count). The number of alkyl halides is 1. The summed E-state index contributed by atoms with van der Waals surface area (Å²) < 4.78 is 16.9. The summed E-state index contributed by atoms with van der Waals surface area (Å²) >= 11 is 0. The van der Waals surface area contributed by atoms with Gasteiger partial charge in [0.05, 0.1) is 11.2 Å². The minimum Gasteiger partial charge on any atom is -0.508 e. The van der Waals surface area contributed by atoms with E-state index in [4.69, 9.17) is 5.73 Å². The number of aliphatic hydroxyl groups excluding tert-OH is 2. The number of carbonyl (C=O) groups excluding carboxylic acids is 3. The van der Waals surface area contributed by atoms with Gasteiger partial charge in [0.15, 0.2) is 17.2 Å². The number of fused-ring (bicyclic) bond motifs is 3. The summed E-state index contributed by atoms with van der Waals surface area (Å²) in [6.07, 6.45) is -0.901. The van der Waals surface area contributed by atoms with E-state index in [0.29, 0.717) is 0 Å². The smallest absolute Gasteiger partial charge is 0.255 e. The van der Waals surface area contributed by atoms with E-state index in [1.807, 2.05) is 0 Å². The molecule has 176 valence electrons. The third-order valence-electron chi connectivity index (χ3n) is 7.05. The molecule has 7 N–H and O–H groups in total. The van der Waals surface area contributed by atoms with Crippen molar-refractivity contribution in [2.45, 2.75) is 36.3 Å². The first kappa shape index (κ1) is 22.9. The van der Waals surface area contributed by atoms with Gasteiger partial charge in [0.1, 0.15) is 23.1 Å². The number of amides is 1. The fourth-order valence-corrected chi connectivity index (χ4v) is 5.51. The summed E-state index contributed by atoms with van der Waals surface area (Å²) in [5, 5.41) is 54.6. The van der Waals surface area contributed by atoms with Crippen molar-refractivity contribution < 1.29 is 44.3 Å². The third kappa shape index (κ3) is 2.49. The zero-order valence-electron chi connectivity index (χ0n) is 18.0. The largest absolute Gasteiger partial charge is 0.508 e. The Morgan fingerprint density at radius 3 is 2.33 bits per heavy atom. The van der Waals surface area contributed by atoms with E-state index in [-0.39, 0.29) is 11.1 Å². The van der Waals surface area contributed by atoms with Crippen molar-refractivity contribution in [3.05, 3.63) is 46.2 Å². The number of phenols is 1. The summed E-state index contributed by atoms with van der Waals surface area (Å²) in [6.45, 7) is 1.24. The lowest BCUT2D eigenvalue weighted by atomic mass is 9.53. The Hall–Kier alpha value is -3.28. The van der Waals surface area contributed by atoms with Gasteiger partial charge in [-0.3, -0.25) is 19.3 Å². The molecule has 5 unspecified atom stereocenters. The molecule has 0 bridgehead atoms. The summed E-state index contributed by atoms with van der Waals surface area (Å²) in [5.41, 5.74) is -5.64. The number of nitrogens with zero attached hydrogens (tertiary/aromatic N) is 1. The van der Waals surface area contributed by atoms with Crippen LogP contribution < -0.4 is 5.73 Å². The number of carbonyl (C=O) groups is 3. The van der Waals surface area contributed by atoms with Crippen LogP contribution in [-0.4, -0.2) is 79.3 Å². The van der Waals surface area contributed by atoms with Crippen LogP contribution in [0.15, 0.2) is 35.1 Å². The molecule has 0 heterocycles. The number of benzene rings is 1. The topological polar surface area (TPSA) is 182 Å². The lowest BCUT2D eigenvalue weighted by Crippen LogP contribution is -2.75. The maximum absolute atomic E-state index is 16.9. The fraction of sp³-hybridized carbons (Fsp3) is 0.409. The number of aromatic hydroxyl groups is 1. The lowest BCUT2D eigenvalue weighted by molar-refractivity contribution is -0.187. The van der Waals surface area contributed by atoms with Crippen molar-refractivity contribution in [2.24, 2.45) is 11.7 Å². The first-order valence-corrected chi connectivity index (χ1v) is 10.0. The molecular weight excluding hydrogens is 439 g/mol. The van der Waals surface area contributed by atoms with Gasteiger partial charge in [-0.2, -0.15) is 0 Å². The van der Waals surface area contributed by atoms with Crippen molar-refractivity contribution >= 4 is 23.2 Å². The Labute approximate surface area is 187 Å². The van der Waals surface area contributed by atoms with Gasteiger partial charge in [0, 0.05) is 11.5 Å². The molecule has 3 aliphatic carbocycles. The lowest BCUT2D eigenvalue weighted by Gasteiger charge is -2.56. The van der Waals surface area contributed by atoms with Crippen LogP contribution in [0.2, 0.25) is 0 Å². The monoisotopic (exact) mass is 462 g/mol. The molecule has 11 heteroatoms. The zero-order chi connectivity index (χ0) is 24.8. The summed E-state index contributed by atoms with van der Waals surface area (Å²) in [4.78, 5) is 39.5. The van der Waals surface area contributed by atoms with Gasteiger partial charge < -0.3 is 31.3 Å². The highest BCUT2D eigenvalue weighted by Crippen LogP contribution is 2.59. The average Bonchev–Trinajstić information content (AvgIpc) is 2.69. The number of primary amides is 1. The van der Waals surface area contributed by atoms with Crippen LogP contribution in [0.4, 0.5) is 4.39 Å². The van der Waals surface area contributed by atoms with Gasteiger partial charge in [0.2, 0.25) is 11.4 Å². The molecular formula is C22H23FN2O8. The molecule has 5 atom stereocenters. The van der Waals surface area contributed by atoms with Crippen LogP contribution in [0.25, 0.3) is 5.76 Å². The number of rotatable bonds is 2. The van der Waals surface area contributed by atoms with Crippen molar-refractivity contribution in [3.8, 4) is 5.75 Å². The number of hydrogen-bond donors (Lipinski definition) is 6. The second-order valence-electron chi connectivity index (χ2n) is 9.09. The molecule has 0 radical (unpaired) electrons. The average molecular weight is 462 g/mol. The van der Waals surface area contributed by atoms with Crippen LogP contribution in [-0.2, 0) is 20.0 Å². The molecule has 1 saturated carbocycles. The molecule has 1 aromatic carbocycles. The van der Waals surface area contributed by atoms with E-state index < -0.39 is 81.1 Å². The predicted octanol–water partition coefficient (Wildman–Crippen LogP) is -0.279. The number of halogens is 1. The Bertz CT molecular complexity index is 1200. The first-order chi connectivity index (χ1) is 15.1. The molecule has 1 fully saturated rings. The van der Waals surface area contributed by atoms with E-state index in [1.165, 1.54) is 39.2 Å². The van der Waals surface area contributed by atoms with E-state index in [2.05, 4.69) is 0 Å². The van der Waals surface area contributed by atoms with Gasteiger partial charge in [-0.25, -0.2) is 4.39 Å². The minimum atomic E-state index is -3.47. The second-order valence-corrected chi connectivity index (χ2v) is 9.09. The van der Waals surface area contributed by atoms with Crippen molar-refractivity contribution in [2.75, 3.05) is 14.1 Å². The summed E-state index contributed by atoms with van der Waals surface area (Å²) in [7, 11) is 2.54. The van der Waals surface area contributed by atoms with Crippen LogP contribution in [0.1, 0.15) is 24.5 Å². The highest BCUT2D eigenvalue weighted by molar-refractivity contribution is 6.25. The highest BCUT2D eigenvalue weighted by atomic mass is 19.1. The van der Waals surface area contributed by atoms with Crippen molar-refractivity contribution in [1.82, 2.24) is 4.90 Å². The molecule has 1 aromatic rings. The van der Waals surface area contributed by atoms with Crippen LogP contribution in [0, 0.1) is 5.92 Å². The number of nitrogens with two attached hydrogens (primary N) is 1. The van der Waals surface area contributed by atoms with Crippen LogP contribution >= 0.6 is 0 Å². The van der Waals surface area contributed by atoms with Gasteiger partial charge in [-0.05, 0) is 39.1 Å². The Morgan fingerprint density at radius 1 is 1.18 bits per heavy atom. The van der Waals surface area contributed by atoms with E-state index in [0.717, 1.165) is 4.90 Å². The number of likely N-dealkylation sites (N-methyl/N-ethyl adjacent to an activating group) is 1. The summed E-state index contributed by atoms with van der Waals surface area (Å²) in [5.74, 6) is -8.65. The van der Waals surface area contributed by atoms with Gasteiger partial charge >= 0.3 is 0 Å². The molecule has 33 heavy (non-hydrogen) atoms. The molecule has 0 saturated heterocycles. The maximum atomic E-state index is 16.9. The minimum absolute atomic E-state index is 0.00304. The van der Waals surface area contributed by atoms with Crippen LogP contribution in [0.5, 0.6) is 5.75 Å². The SMILES string of the molecule is CN(C)C1C(=O)C(C(N)=O)=C(O)C2(O)C(=O)C3=C(O)c4c(O)cccc4C(C)(O)C3CC12F. The standard InChI is InChI=1S/C22H23FN2O8/c1-20(32)8-5-4-6-10(26)11(8)14(27)12-9(20)7-21(23)16(25(2)3)15(28)13(19(24)31)18(30)22(21,33)17(12)29/h4-6,9,16,26-27,30,32-33H,7H2,1-3H3,(H2,24,31).